The summed E-state index contributed by atoms with van der Waals surface area (Å²) < 4.78 is 9.66. The van der Waals surface area contributed by atoms with Gasteiger partial charge in [-0.25, -0.2) is 0 Å². The fourth-order valence-electron chi connectivity index (χ4n) is 11.0. The summed E-state index contributed by atoms with van der Waals surface area (Å²) in [7, 11) is 0. The second-order valence-corrected chi connectivity index (χ2v) is 19.1. The fourth-order valence-corrected chi connectivity index (χ4v) is 11.0. The minimum atomic E-state index is -0.0742. The van der Waals surface area contributed by atoms with Gasteiger partial charge in [-0.2, -0.15) is 0 Å². The summed E-state index contributed by atoms with van der Waals surface area (Å²) >= 11 is 0. The molecule has 2 aliphatic rings. The Morgan fingerprint density at radius 1 is 0.478 bits per heavy atom. The molecule has 0 bridgehead atoms. The predicted octanol–water partition coefficient (Wildman–Crippen LogP) is 14.7. The van der Waals surface area contributed by atoms with Crippen LogP contribution in [0.3, 0.4) is 0 Å². The van der Waals surface area contributed by atoms with Gasteiger partial charge in [-0.1, -0.05) is 130 Å². The molecule has 0 spiro atoms. The van der Waals surface area contributed by atoms with Crippen LogP contribution in [-0.4, -0.2) is 11.3 Å². The van der Waals surface area contributed by atoms with Crippen LogP contribution >= 0.6 is 0 Å². The molecule has 0 radical (unpaired) electrons. The van der Waals surface area contributed by atoms with Crippen molar-refractivity contribution in [3.63, 3.8) is 0 Å². The molecule has 0 fully saturated rings. The Hall–Kier alpha value is -8.22. The van der Waals surface area contributed by atoms with E-state index in [0.717, 1.165) is 73.0 Å². The van der Waals surface area contributed by atoms with E-state index in [0.29, 0.717) is 0 Å². The van der Waals surface area contributed by atoms with Gasteiger partial charge in [0.05, 0.1) is 16.6 Å². The van der Waals surface area contributed by atoms with Crippen LogP contribution in [0.5, 0.6) is 0 Å². The highest BCUT2D eigenvalue weighted by Crippen LogP contribution is 2.49. The molecule has 320 valence electrons. The number of aryl methyl sites for hydroxylation is 1. The standard InChI is InChI=1S/C61H47BN4O/c1-40-36-53-57-54(37-40)66-58-48-30-17-18-31-55(48)67-60(58)56-51(64(44-25-13-7-14-26-44)45-27-15-8-16-28-45)35-34-50(59(56)66)62(57)49-33-32-47(63(42-21-9-5-10-22-42)43-23-11-6-12-24-43)39-52(49)65(53)46-29-19-20-41(38-46)61(2,3)4/h5-39H,1-4H3. The summed E-state index contributed by atoms with van der Waals surface area (Å²) in [6.45, 7) is 9.08. The second-order valence-electron chi connectivity index (χ2n) is 19.1. The summed E-state index contributed by atoms with van der Waals surface area (Å²) in [5, 5.41) is 2.20. The number of fused-ring (bicyclic) bond motifs is 9. The van der Waals surface area contributed by atoms with Crippen LogP contribution in [0.2, 0.25) is 0 Å². The number of aromatic nitrogens is 1. The summed E-state index contributed by atoms with van der Waals surface area (Å²) in [5.74, 6) is 0. The van der Waals surface area contributed by atoms with Crippen molar-refractivity contribution in [1.82, 2.24) is 4.57 Å². The van der Waals surface area contributed by atoms with Crippen LogP contribution in [0.15, 0.2) is 217 Å². The third-order valence-electron chi connectivity index (χ3n) is 13.9. The third kappa shape index (κ3) is 6.02. The molecule has 2 aliphatic heterocycles. The van der Waals surface area contributed by atoms with E-state index in [-0.39, 0.29) is 12.1 Å². The lowest BCUT2D eigenvalue weighted by Gasteiger charge is -2.41. The van der Waals surface area contributed by atoms with Gasteiger partial charge in [0.2, 0.25) is 0 Å². The molecule has 67 heavy (non-hydrogen) atoms. The molecule has 4 heterocycles. The molecule has 11 aromatic rings. The van der Waals surface area contributed by atoms with E-state index in [9.17, 15) is 0 Å². The number of furan rings is 1. The highest BCUT2D eigenvalue weighted by Gasteiger charge is 2.44. The predicted molar refractivity (Wildman–Crippen MR) is 283 cm³/mol. The molecule has 0 N–H and O–H groups in total. The number of nitrogens with zero attached hydrogens (tertiary/aromatic N) is 4. The Bertz CT molecular complexity index is 3630. The molecular weight excluding hydrogens is 816 g/mol. The van der Waals surface area contributed by atoms with E-state index < -0.39 is 0 Å². The Morgan fingerprint density at radius 3 is 1.70 bits per heavy atom. The third-order valence-corrected chi connectivity index (χ3v) is 13.9. The highest BCUT2D eigenvalue weighted by molar-refractivity contribution is 7.00. The van der Waals surface area contributed by atoms with E-state index in [2.05, 4.69) is 259 Å². The smallest absolute Gasteiger partial charge is 0.252 e. The molecule has 5 nitrogen and oxygen atoms in total. The topological polar surface area (TPSA) is 27.8 Å². The van der Waals surface area contributed by atoms with Crippen molar-refractivity contribution in [2.24, 2.45) is 0 Å². The van der Waals surface area contributed by atoms with Crippen LogP contribution in [-0.2, 0) is 5.41 Å². The van der Waals surface area contributed by atoms with Gasteiger partial charge in [0.15, 0.2) is 5.58 Å². The maximum atomic E-state index is 7.12. The minimum Gasteiger partial charge on any atom is -0.454 e. The number of para-hydroxylation sites is 5. The first-order valence-corrected chi connectivity index (χ1v) is 23.3. The van der Waals surface area contributed by atoms with Gasteiger partial charge < -0.3 is 23.7 Å². The molecule has 0 unspecified atom stereocenters. The molecule has 0 amide bonds. The van der Waals surface area contributed by atoms with Crippen LogP contribution in [0.25, 0.3) is 38.7 Å². The zero-order chi connectivity index (χ0) is 45.0. The lowest BCUT2D eigenvalue weighted by molar-refractivity contribution is 0.590. The number of hydrogen-bond acceptors (Lipinski definition) is 4. The largest absolute Gasteiger partial charge is 0.454 e. The van der Waals surface area contributed by atoms with Crippen molar-refractivity contribution >= 4 is 107 Å². The van der Waals surface area contributed by atoms with Crippen molar-refractivity contribution in [3.05, 3.63) is 223 Å². The SMILES string of the molecule is Cc1cc2c3c(c1)-n1c4c(ccc(N(c5ccccc5)c5ccccc5)c4c4oc5ccccc5c41)B3c1ccc(N(c3ccccc3)c3ccccc3)cc1N2c1cccc(C(C)(C)C)c1. The van der Waals surface area contributed by atoms with Crippen LogP contribution < -0.4 is 31.1 Å². The Kier molecular flexibility index (Phi) is 8.72. The molecule has 13 rings (SSSR count). The van der Waals surface area contributed by atoms with Crippen molar-refractivity contribution in [2.75, 3.05) is 14.7 Å². The van der Waals surface area contributed by atoms with E-state index in [1.165, 1.54) is 44.4 Å². The molecule has 2 aromatic heterocycles. The molecule has 0 aliphatic carbocycles. The van der Waals surface area contributed by atoms with E-state index >= 15 is 0 Å². The Balaban J connectivity index is 1.15. The Labute approximate surface area is 391 Å². The summed E-state index contributed by atoms with van der Waals surface area (Å²) in [6.07, 6.45) is 0. The van der Waals surface area contributed by atoms with Crippen molar-refractivity contribution in [1.29, 1.82) is 0 Å². The van der Waals surface area contributed by atoms with E-state index in [1.54, 1.807) is 0 Å². The Morgan fingerprint density at radius 2 is 1.06 bits per heavy atom. The van der Waals surface area contributed by atoms with Crippen molar-refractivity contribution in [2.45, 2.75) is 33.1 Å². The maximum Gasteiger partial charge on any atom is 0.252 e. The molecule has 0 saturated carbocycles. The zero-order valence-corrected chi connectivity index (χ0v) is 38.0. The number of hydrogen-bond donors (Lipinski definition) is 0. The van der Waals surface area contributed by atoms with Gasteiger partial charge in [0, 0.05) is 56.6 Å². The first-order chi connectivity index (χ1) is 32.8. The van der Waals surface area contributed by atoms with E-state index in [1.807, 2.05) is 0 Å². The lowest BCUT2D eigenvalue weighted by Crippen LogP contribution is -2.60. The maximum absolute atomic E-state index is 7.12. The highest BCUT2D eigenvalue weighted by atomic mass is 16.3. The second kappa shape index (κ2) is 14.9. The average Bonchev–Trinajstić information content (AvgIpc) is 3.90. The lowest BCUT2D eigenvalue weighted by atomic mass is 9.33. The van der Waals surface area contributed by atoms with Crippen LogP contribution in [0.4, 0.5) is 51.2 Å². The first kappa shape index (κ1) is 39.2. The molecule has 0 saturated heterocycles. The minimum absolute atomic E-state index is 0.0445. The fraction of sp³-hybridized carbons (Fsp3) is 0.0820. The van der Waals surface area contributed by atoms with Crippen LogP contribution in [0.1, 0.15) is 31.9 Å². The van der Waals surface area contributed by atoms with Gasteiger partial charge in [0.1, 0.15) is 11.1 Å². The summed E-state index contributed by atoms with van der Waals surface area (Å²) in [4.78, 5) is 7.31. The zero-order valence-electron chi connectivity index (χ0n) is 38.0. The monoisotopic (exact) mass is 862 g/mol. The van der Waals surface area contributed by atoms with Crippen molar-refractivity contribution < 1.29 is 4.42 Å². The van der Waals surface area contributed by atoms with Crippen LogP contribution in [0, 0.1) is 6.92 Å². The molecule has 9 aromatic carbocycles. The van der Waals surface area contributed by atoms with Gasteiger partial charge >= 0.3 is 0 Å². The van der Waals surface area contributed by atoms with Gasteiger partial charge in [-0.15, -0.1) is 0 Å². The van der Waals surface area contributed by atoms with Crippen molar-refractivity contribution in [3.8, 4) is 5.69 Å². The number of anilines is 9. The summed E-state index contributed by atoms with van der Waals surface area (Å²) in [6, 6.07) is 77.3. The molecule has 6 heteroatoms. The van der Waals surface area contributed by atoms with Gasteiger partial charge in [0.25, 0.3) is 6.71 Å². The molecular formula is C61H47BN4O. The van der Waals surface area contributed by atoms with Gasteiger partial charge in [-0.05, 0) is 143 Å². The number of rotatable bonds is 7. The quantitative estimate of drug-likeness (QED) is 0.149. The van der Waals surface area contributed by atoms with E-state index in [4.69, 9.17) is 4.42 Å². The number of benzene rings is 9. The average molecular weight is 863 g/mol. The first-order valence-electron chi connectivity index (χ1n) is 23.3. The summed E-state index contributed by atoms with van der Waals surface area (Å²) in [5.41, 5.74) is 21.5. The molecule has 0 atom stereocenters. The normalized spacial score (nSPS) is 12.7. The van der Waals surface area contributed by atoms with Gasteiger partial charge in [-0.3, -0.25) is 0 Å².